The summed E-state index contributed by atoms with van der Waals surface area (Å²) in [5.74, 6) is -1.15. The lowest BCUT2D eigenvalue weighted by molar-refractivity contribution is -0.499. The standard InChI is InChI=1S/C15H20ClFN4O4/c1-2-25-12(22)7-15(9-21(23)24)5-3-4-10(6-15)19-13-11(17)8-18-14(16)20-13/h8,10H,2-7,9H2,1H3,(H,18,19,20)/t10-,15?/m0/s1. The lowest BCUT2D eigenvalue weighted by atomic mass is 9.70. The van der Waals surface area contributed by atoms with Crippen molar-refractivity contribution in [2.45, 2.75) is 45.1 Å². The zero-order valence-corrected chi connectivity index (χ0v) is 14.6. The third-order valence-electron chi connectivity index (χ3n) is 4.28. The summed E-state index contributed by atoms with van der Waals surface area (Å²) in [6.45, 7) is 1.57. The van der Waals surface area contributed by atoms with Crippen LogP contribution >= 0.6 is 11.6 Å². The van der Waals surface area contributed by atoms with Gasteiger partial charge in [-0.05, 0) is 37.8 Å². The molecule has 1 aromatic heterocycles. The van der Waals surface area contributed by atoms with Crippen molar-refractivity contribution < 1.29 is 18.8 Å². The van der Waals surface area contributed by atoms with Crippen LogP contribution in [0.2, 0.25) is 5.28 Å². The fourth-order valence-corrected chi connectivity index (χ4v) is 3.50. The summed E-state index contributed by atoms with van der Waals surface area (Å²) in [7, 11) is 0. The predicted molar refractivity (Wildman–Crippen MR) is 88.4 cm³/mol. The first-order valence-electron chi connectivity index (χ1n) is 8.05. The van der Waals surface area contributed by atoms with Gasteiger partial charge in [0, 0.05) is 16.4 Å². The molecule has 1 fully saturated rings. The Hall–Kier alpha value is -2.03. The minimum Gasteiger partial charge on any atom is -0.466 e. The maximum Gasteiger partial charge on any atom is 0.306 e. The average molecular weight is 375 g/mol. The van der Waals surface area contributed by atoms with Crippen LogP contribution in [0.25, 0.3) is 0 Å². The van der Waals surface area contributed by atoms with Crippen LogP contribution in [0.5, 0.6) is 0 Å². The summed E-state index contributed by atoms with van der Waals surface area (Å²) in [5.41, 5.74) is -0.820. The minimum absolute atomic E-state index is 0.0347. The van der Waals surface area contributed by atoms with E-state index in [4.69, 9.17) is 16.3 Å². The van der Waals surface area contributed by atoms with E-state index in [2.05, 4.69) is 15.3 Å². The van der Waals surface area contributed by atoms with Crippen LogP contribution in [0.15, 0.2) is 6.20 Å². The fraction of sp³-hybridized carbons (Fsp3) is 0.667. The van der Waals surface area contributed by atoms with E-state index in [1.165, 1.54) is 0 Å². The van der Waals surface area contributed by atoms with Crippen LogP contribution in [-0.4, -0.2) is 40.1 Å². The van der Waals surface area contributed by atoms with Gasteiger partial charge >= 0.3 is 5.97 Å². The SMILES string of the molecule is CCOC(=O)CC1(C[N+](=O)[O-])CCC[C@H](Nc2nc(Cl)ncc2F)C1. The second kappa shape index (κ2) is 8.37. The van der Waals surface area contributed by atoms with Gasteiger partial charge in [-0.15, -0.1) is 0 Å². The highest BCUT2D eigenvalue weighted by molar-refractivity contribution is 6.28. The lowest BCUT2D eigenvalue weighted by Gasteiger charge is -2.37. The summed E-state index contributed by atoms with van der Waals surface area (Å²) in [6, 6.07) is -0.261. The van der Waals surface area contributed by atoms with Crippen molar-refractivity contribution in [2.75, 3.05) is 18.5 Å². The summed E-state index contributed by atoms with van der Waals surface area (Å²) >= 11 is 5.68. The molecule has 0 aromatic carbocycles. The van der Waals surface area contributed by atoms with Gasteiger partial charge in [0.1, 0.15) is 0 Å². The number of nitro groups is 1. The predicted octanol–water partition coefficient (Wildman–Crippen LogP) is 2.84. The molecular weight excluding hydrogens is 355 g/mol. The molecule has 1 heterocycles. The quantitative estimate of drug-likeness (QED) is 0.338. The van der Waals surface area contributed by atoms with E-state index in [9.17, 15) is 19.3 Å². The fourth-order valence-electron chi connectivity index (χ4n) is 3.37. The highest BCUT2D eigenvalue weighted by atomic mass is 35.5. The number of nitrogens with one attached hydrogen (secondary N) is 1. The third-order valence-corrected chi connectivity index (χ3v) is 4.47. The minimum atomic E-state index is -0.820. The van der Waals surface area contributed by atoms with Crippen LogP contribution in [0.4, 0.5) is 10.2 Å². The largest absolute Gasteiger partial charge is 0.466 e. The molecule has 8 nitrogen and oxygen atoms in total. The zero-order chi connectivity index (χ0) is 18.4. The van der Waals surface area contributed by atoms with Gasteiger partial charge in [0.05, 0.1) is 19.2 Å². The summed E-state index contributed by atoms with van der Waals surface area (Å²) < 4.78 is 18.8. The van der Waals surface area contributed by atoms with E-state index in [0.717, 1.165) is 6.20 Å². The van der Waals surface area contributed by atoms with Gasteiger partial charge in [-0.3, -0.25) is 14.9 Å². The Morgan fingerprint density at radius 2 is 2.40 bits per heavy atom. The van der Waals surface area contributed by atoms with Gasteiger partial charge in [0.25, 0.3) is 0 Å². The monoisotopic (exact) mass is 374 g/mol. The molecule has 1 aromatic rings. The normalized spacial score (nSPS) is 23.1. The van der Waals surface area contributed by atoms with Crippen LogP contribution in [0.1, 0.15) is 39.0 Å². The molecule has 0 aliphatic heterocycles. The highest BCUT2D eigenvalue weighted by Gasteiger charge is 2.43. The number of halogens is 2. The maximum absolute atomic E-state index is 13.8. The Morgan fingerprint density at radius 3 is 3.08 bits per heavy atom. The van der Waals surface area contributed by atoms with Gasteiger partial charge < -0.3 is 10.1 Å². The van der Waals surface area contributed by atoms with E-state index < -0.39 is 22.1 Å². The first kappa shape index (κ1) is 19.3. The maximum atomic E-state index is 13.8. The zero-order valence-electron chi connectivity index (χ0n) is 13.8. The van der Waals surface area contributed by atoms with Crippen molar-refractivity contribution in [1.29, 1.82) is 0 Å². The molecule has 1 aliphatic carbocycles. The number of carbonyl (C=O) groups excluding carboxylic acids is 1. The second-order valence-corrected chi connectivity index (χ2v) is 6.58. The van der Waals surface area contributed by atoms with Crippen molar-refractivity contribution in [1.82, 2.24) is 9.97 Å². The molecule has 0 amide bonds. The van der Waals surface area contributed by atoms with Crippen molar-refractivity contribution >= 4 is 23.4 Å². The van der Waals surface area contributed by atoms with E-state index in [-0.39, 0.29) is 36.7 Å². The molecule has 0 bridgehead atoms. The highest BCUT2D eigenvalue weighted by Crippen LogP contribution is 2.41. The Labute approximate surface area is 149 Å². The summed E-state index contributed by atoms with van der Waals surface area (Å²) in [5, 5.41) is 14.0. The van der Waals surface area contributed by atoms with Crippen molar-refractivity contribution in [2.24, 2.45) is 5.41 Å². The van der Waals surface area contributed by atoms with Crippen molar-refractivity contribution in [3.05, 3.63) is 27.4 Å². The molecule has 25 heavy (non-hydrogen) atoms. The Kier molecular flexibility index (Phi) is 6.46. The number of hydrogen-bond donors (Lipinski definition) is 1. The van der Waals surface area contributed by atoms with E-state index in [1.807, 2.05) is 0 Å². The summed E-state index contributed by atoms with van der Waals surface area (Å²) in [4.78, 5) is 30.0. The van der Waals surface area contributed by atoms with Gasteiger partial charge in [0.2, 0.25) is 11.8 Å². The van der Waals surface area contributed by atoms with E-state index >= 15 is 0 Å². The number of hydrogen-bond acceptors (Lipinski definition) is 7. The number of esters is 1. The molecule has 2 atom stereocenters. The smallest absolute Gasteiger partial charge is 0.306 e. The number of aromatic nitrogens is 2. The molecule has 1 aliphatic rings. The van der Waals surface area contributed by atoms with Gasteiger partial charge in [-0.25, -0.2) is 9.37 Å². The number of nitrogens with zero attached hydrogens (tertiary/aromatic N) is 3. The number of anilines is 1. The molecule has 0 saturated heterocycles. The lowest BCUT2D eigenvalue weighted by Crippen LogP contribution is -2.42. The number of ether oxygens (including phenoxy) is 1. The Bertz CT molecular complexity index is 648. The van der Waals surface area contributed by atoms with E-state index in [1.54, 1.807) is 6.92 Å². The molecule has 2 rings (SSSR count). The molecule has 10 heteroatoms. The van der Waals surface area contributed by atoms with Crippen molar-refractivity contribution in [3.8, 4) is 0 Å². The van der Waals surface area contributed by atoms with E-state index in [0.29, 0.717) is 25.7 Å². The van der Waals surface area contributed by atoms with Crippen LogP contribution in [0, 0.1) is 21.3 Å². The number of rotatable bonds is 7. The summed E-state index contributed by atoms with van der Waals surface area (Å²) in [6.07, 6.45) is 3.16. The molecule has 1 saturated carbocycles. The van der Waals surface area contributed by atoms with Crippen LogP contribution in [0.3, 0.4) is 0 Å². The molecule has 1 unspecified atom stereocenters. The van der Waals surface area contributed by atoms with Crippen molar-refractivity contribution in [3.63, 3.8) is 0 Å². The average Bonchev–Trinajstić information content (AvgIpc) is 2.50. The second-order valence-electron chi connectivity index (χ2n) is 6.25. The van der Waals surface area contributed by atoms with Gasteiger partial charge in [-0.1, -0.05) is 6.42 Å². The van der Waals surface area contributed by atoms with Crippen LogP contribution in [-0.2, 0) is 9.53 Å². The molecule has 138 valence electrons. The topological polar surface area (TPSA) is 107 Å². The Morgan fingerprint density at radius 1 is 1.64 bits per heavy atom. The Balaban J connectivity index is 2.14. The van der Waals surface area contributed by atoms with Gasteiger partial charge in [0.15, 0.2) is 11.6 Å². The molecule has 1 N–H and O–H groups in total. The molecular formula is C15H20ClFN4O4. The van der Waals surface area contributed by atoms with Crippen LogP contribution < -0.4 is 5.32 Å². The third kappa shape index (κ3) is 5.48. The molecule has 0 radical (unpaired) electrons. The first-order chi connectivity index (χ1) is 11.8. The van der Waals surface area contributed by atoms with Gasteiger partial charge in [-0.2, -0.15) is 4.98 Å². The number of carbonyl (C=O) groups is 1. The first-order valence-corrected chi connectivity index (χ1v) is 8.43. The molecule has 0 spiro atoms.